The Labute approximate surface area is 199 Å². The molecule has 34 heavy (non-hydrogen) atoms. The van der Waals surface area contributed by atoms with Gasteiger partial charge in [0.05, 0.1) is 17.9 Å². The summed E-state index contributed by atoms with van der Waals surface area (Å²) in [6.07, 6.45) is 2.28. The highest BCUT2D eigenvalue weighted by molar-refractivity contribution is 7.92. The Bertz CT molecular complexity index is 1350. The molecule has 0 saturated carbocycles. The van der Waals surface area contributed by atoms with Crippen LogP contribution in [0.2, 0.25) is 0 Å². The van der Waals surface area contributed by atoms with E-state index in [9.17, 15) is 13.2 Å². The van der Waals surface area contributed by atoms with E-state index in [1.54, 1.807) is 35.1 Å². The van der Waals surface area contributed by atoms with E-state index >= 15 is 0 Å². The van der Waals surface area contributed by atoms with Crippen LogP contribution in [0.4, 0.5) is 11.4 Å². The van der Waals surface area contributed by atoms with E-state index in [4.69, 9.17) is 0 Å². The maximum atomic E-state index is 13.2. The van der Waals surface area contributed by atoms with E-state index in [-0.39, 0.29) is 11.7 Å². The number of rotatable bonds is 9. The van der Waals surface area contributed by atoms with Crippen molar-refractivity contribution in [1.82, 2.24) is 9.78 Å². The molecule has 1 amide bonds. The van der Waals surface area contributed by atoms with E-state index < -0.39 is 10.0 Å². The first-order valence-corrected chi connectivity index (χ1v) is 12.7. The molecule has 0 saturated heterocycles. The van der Waals surface area contributed by atoms with E-state index in [2.05, 4.69) is 15.1 Å². The van der Waals surface area contributed by atoms with Gasteiger partial charge in [-0.25, -0.2) is 8.42 Å². The van der Waals surface area contributed by atoms with Crippen molar-refractivity contribution >= 4 is 27.3 Å². The first-order valence-electron chi connectivity index (χ1n) is 11.0. The zero-order valence-electron chi connectivity index (χ0n) is 18.8. The highest BCUT2D eigenvalue weighted by Crippen LogP contribution is 2.24. The van der Waals surface area contributed by atoms with Crippen LogP contribution in [0.1, 0.15) is 29.3 Å². The Morgan fingerprint density at radius 3 is 2.15 bits per heavy atom. The number of benzene rings is 3. The van der Waals surface area contributed by atoms with Crippen LogP contribution in [-0.2, 0) is 16.6 Å². The molecule has 0 bridgehead atoms. The summed E-state index contributed by atoms with van der Waals surface area (Å²) in [5.41, 5.74) is 3.98. The molecule has 0 radical (unpaired) electrons. The van der Waals surface area contributed by atoms with Gasteiger partial charge in [-0.1, -0.05) is 67.6 Å². The predicted molar refractivity (Wildman–Crippen MR) is 135 cm³/mol. The second-order valence-electron chi connectivity index (χ2n) is 7.89. The first-order chi connectivity index (χ1) is 16.4. The van der Waals surface area contributed by atoms with Crippen molar-refractivity contribution in [2.45, 2.75) is 19.9 Å². The molecule has 2 N–H and O–H groups in total. The van der Waals surface area contributed by atoms with Gasteiger partial charge in [-0.05, 0) is 36.2 Å². The zero-order valence-corrected chi connectivity index (χ0v) is 19.6. The fourth-order valence-corrected chi connectivity index (χ4v) is 4.70. The number of anilines is 2. The smallest absolute Gasteiger partial charge is 0.259 e. The maximum absolute atomic E-state index is 13.2. The molecule has 0 spiro atoms. The van der Waals surface area contributed by atoms with Crippen molar-refractivity contribution in [1.29, 1.82) is 0 Å². The monoisotopic (exact) mass is 474 g/mol. The van der Waals surface area contributed by atoms with Gasteiger partial charge in [0, 0.05) is 23.1 Å². The normalized spacial score (nSPS) is 11.2. The van der Waals surface area contributed by atoms with Gasteiger partial charge in [0.15, 0.2) is 0 Å². The average Bonchev–Trinajstić information content (AvgIpc) is 3.25. The van der Waals surface area contributed by atoms with Gasteiger partial charge in [-0.3, -0.25) is 14.2 Å². The summed E-state index contributed by atoms with van der Waals surface area (Å²) >= 11 is 0. The number of carbonyl (C=O) groups excluding carboxylic acids is 1. The molecular weight excluding hydrogens is 448 g/mol. The number of amides is 1. The summed E-state index contributed by atoms with van der Waals surface area (Å²) in [7, 11) is -3.37. The van der Waals surface area contributed by atoms with Crippen LogP contribution in [-0.4, -0.2) is 29.9 Å². The number of nitrogens with zero attached hydrogens (tertiary/aromatic N) is 2. The average molecular weight is 475 g/mol. The second-order valence-corrected chi connectivity index (χ2v) is 9.73. The van der Waals surface area contributed by atoms with E-state index in [0.29, 0.717) is 35.6 Å². The Morgan fingerprint density at radius 1 is 0.882 bits per heavy atom. The third-order valence-corrected chi connectivity index (χ3v) is 6.62. The van der Waals surface area contributed by atoms with E-state index in [1.807, 2.05) is 67.6 Å². The second kappa shape index (κ2) is 10.4. The highest BCUT2D eigenvalue weighted by Gasteiger charge is 2.18. The minimum atomic E-state index is -3.37. The summed E-state index contributed by atoms with van der Waals surface area (Å²) in [6.45, 7) is 2.35. The summed E-state index contributed by atoms with van der Waals surface area (Å²) in [5.74, 6) is -0.238. The van der Waals surface area contributed by atoms with Gasteiger partial charge in [-0.2, -0.15) is 5.10 Å². The fraction of sp³-hybridized carbons (Fsp3) is 0.154. The highest BCUT2D eigenvalue weighted by atomic mass is 32.2. The number of hydrogen-bond acceptors (Lipinski definition) is 4. The zero-order chi connectivity index (χ0) is 24.0. The summed E-state index contributed by atoms with van der Waals surface area (Å²) < 4.78 is 28.2. The van der Waals surface area contributed by atoms with Crippen molar-refractivity contribution in [3.8, 4) is 11.3 Å². The summed E-state index contributed by atoms with van der Waals surface area (Å²) in [5, 5.41) is 7.58. The first kappa shape index (κ1) is 23.3. The van der Waals surface area contributed by atoms with Gasteiger partial charge in [0.2, 0.25) is 10.0 Å². The van der Waals surface area contributed by atoms with E-state index in [1.165, 1.54) is 0 Å². The number of nitrogens with one attached hydrogen (secondary N) is 2. The Kier molecular flexibility index (Phi) is 7.08. The number of carbonyl (C=O) groups is 1. The molecule has 0 fully saturated rings. The molecule has 7 nitrogen and oxygen atoms in total. The van der Waals surface area contributed by atoms with Crippen molar-refractivity contribution in [2.75, 3.05) is 15.8 Å². The van der Waals surface area contributed by atoms with Crippen LogP contribution >= 0.6 is 0 Å². The lowest BCUT2D eigenvalue weighted by Gasteiger charge is -2.09. The number of aromatic nitrogens is 2. The van der Waals surface area contributed by atoms with Gasteiger partial charge >= 0.3 is 0 Å². The van der Waals surface area contributed by atoms with Crippen LogP contribution in [0.5, 0.6) is 0 Å². The molecule has 1 aromatic heterocycles. The number of hydrogen-bond donors (Lipinski definition) is 2. The topological polar surface area (TPSA) is 93.1 Å². The molecule has 0 aliphatic carbocycles. The largest absolute Gasteiger partial charge is 0.322 e. The van der Waals surface area contributed by atoms with Gasteiger partial charge in [-0.15, -0.1) is 0 Å². The van der Waals surface area contributed by atoms with Gasteiger partial charge < -0.3 is 5.32 Å². The molecule has 3 aromatic carbocycles. The maximum Gasteiger partial charge on any atom is 0.259 e. The SMILES string of the molecule is CCCS(=O)(=O)Nc1ccc(NC(=O)c2cn(Cc3ccccc3)nc2-c2ccccc2)cc1. The standard InChI is InChI=1S/C26H26N4O3S/c1-2-17-34(32,33)29-23-15-13-22(14-16-23)27-26(31)24-19-30(18-20-9-5-3-6-10-20)28-25(24)21-11-7-4-8-12-21/h3-16,19,29H,2,17-18H2,1H3,(H,27,31). The molecule has 0 aliphatic rings. The molecule has 174 valence electrons. The molecule has 0 unspecified atom stereocenters. The third-order valence-electron chi connectivity index (χ3n) is 5.13. The molecule has 4 aromatic rings. The molecule has 8 heteroatoms. The van der Waals surface area contributed by atoms with Crippen LogP contribution in [0.15, 0.2) is 91.1 Å². The quantitative estimate of drug-likeness (QED) is 0.357. The van der Waals surface area contributed by atoms with Crippen molar-refractivity contribution in [2.24, 2.45) is 0 Å². The Morgan fingerprint density at radius 2 is 1.50 bits per heavy atom. The number of sulfonamides is 1. The molecule has 4 rings (SSSR count). The summed E-state index contributed by atoms with van der Waals surface area (Å²) in [6, 6.07) is 26.1. The van der Waals surface area contributed by atoms with Crippen LogP contribution < -0.4 is 10.0 Å². The molecule has 0 atom stereocenters. The fourth-order valence-electron chi connectivity index (χ4n) is 3.57. The van der Waals surface area contributed by atoms with E-state index in [0.717, 1.165) is 11.1 Å². The van der Waals surface area contributed by atoms with Crippen molar-refractivity contribution in [3.05, 3.63) is 102 Å². The molecular formula is C26H26N4O3S. The minimum absolute atomic E-state index is 0.0563. The Balaban J connectivity index is 1.56. The minimum Gasteiger partial charge on any atom is -0.322 e. The molecule has 1 heterocycles. The van der Waals surface area contributed by atoms with Gasteiger partial charge in [0.25, 0.3) is 5.91 Å². The lowest BCUT2D eigenvalue weighted by molar-refractivity contribution is 0.102. The lowest BCUT2D eigenvalue weighted by atomic mass is 10.1. The predicted octanol–water partition coefficient (Wildman–Crippen LogP) is 5.00. The van der Waals surface area contributed by atoms with Crippen LogP contribution in [0.25, 0.3) is 11.3 Å². The third kappa shape index (κ3) is 5.90. The Hall–Kier alpha value is -3.91. The summed E-state index contributed by atoms with van der Waals surface area (Å²) in [4.78, 5) is 13.2. The van der Waals surface area contributed by atoms with Crippen molar-refractivity contribution in [3.63, 3.8) is 0 Å². The van der Waals surface area contributed by atoms with Crippen molar-refractivity contribution < 1.29 is 13.2 Å². The lowest BCUT2D eigenvalue weighted by Crippen LogP contribution is -2.16. The van der Waals surface area contributed by atoms with Gasteiger partial charge in [0.1, 0.15) is 5.69 Å². The van der Waals surface area contributed by atoms with Crippen LogP contribution in [0, 0.1) is 0 Å². The molecule has 0 aliphatic heterocycles. The van der Waals surface area contributed by atoms with Crippen LogP contribution in [0.3, 0.4) is 0 Å².